The summed E-state index contributed by atoms with van der Waals surface area (Å²) in [5, 5.41) is 3.78. The molecule has 0 fully saturated rings. The van der Waals surface area contributed by atoms with E-state index in [1.807, 2.05) is 18.2 Å². The van der Waals surface area contributed by atoms with E-state index in [9.17, 15) is 0 Å². The lowest BCUT2D eigenvalue weighted by molar-refractivity contribution is 0.743. The Morgan fingerprint density at radius 2 is 2.00 bits per heavy atom. The van der Waals surface area contributed by atoms with Gasteiger partial charge in [-0.25, -0.2) is 9.97 Å². The van der Waals surface area contributed by atoms with Gasteiger partial charge in [0.2, 0.25) is 0 Å². The molecule has 0 bridgehead atoms. The third kappa shape index (κ3) is 3.00. The third-order valence-electron chi connectivity index (χ3n) is 2.67. The predicted octanol–water partition coefficient (Wildman–Crippen LogP) is 4.46. The summed E-state index contributed by atoms with van der Waals surface area (Å²) in [4.78, 5) is 8.11. The maximum absolute atomic E-state index is 5.95. The quantitative estimate of drug-likeness (QED) is 0.843. The molecule has 1 aromatic heterocycles. The van der Waals surface area contributed by atoms with Gasteiger partial charge in [-0.15, -0.1) is 0 Å². The second-order valence-electron chi connectivity index (χ2n) is 3.84. The second kappa shape index (κ2) is 6.16. The minimum absolute atomic E-state index is 0.202. The summed E-state index contributed by atoms with van der Waals surface area (Å²) in [7, 11) is 0. The third-order valence-corrected chi connectivity index (χ3v) is 3.93. The van der Waals surface area contributed by atoms with Crippen LogP contribution in [0.3, 0.4) is 0 Å². The van der Waals surface area contributed by atoms with Crippen LogP contribution in [0, 0.1) is 0 Å². The molecule has 1 aromatic carbocycles. The minimum atomic E-state index is 0.202. The summed E-state index contributed by atoms with van der Waals surface area (Å²) in [5.41, 5.74) is 1.22. The van der Waals surface area contributed by atoms with E-state index in [4.69, 9.17) is 11.6 Å². The molecule has 0 spiro atoms. The van der Waals surface area contributed by atoms with Gasteiger partial charge in [-0.2, -0.15) is 0 Å². The van der Waals surface area contributed by atoms with Crippen LogP contribution >= 0.6 is 27.5 Å². The van der Waals surface area contributed by atoms with E-state index in [2.05, 4.69) is 50.3 Å². The summed E-state index contributed by atoms with van der Waals surface area (Å²) in [6.45, 7) is 2.13. The average molecular weight is 327 g/mol. The van der Waals surface area contributed by atoms with Crippen molar-refractivity contribution in [1.29, 1.82) is 0 Å². The first-order chi connectivity index (χ1) is 8.72. The lowest BCUT2D eigenvalue weighted by Crippen LogP contribution is -2.11. The molecule has 2 aromatic rings. The Bertz CT molecular complexity index is 519. The number of nitrogens with zero attached hydrogens (tertiary/aromatic N) is 2. The van der Waals surface area contributed by atoms with Gasteiger partial charge in [-0.3, -0.25) is 0 Å². The largest absolute Gasteiger partial charge is 0.362 e. The fourth-order valence-corrected chi connectivity index (χ4v) is 2.17. The van der Waals surface area contributed by atoms with Gasteiger partial charge in [0.1, 0.15) is 17.3 Å². The van der Waals surface area contributed by atoms with Crippen LogP contribution in [0.1, 0.15) is 24.9 Å². The van der Waals surface area contributed by atoms with Crippen molar-refractivity contribution < 1.29 is 0 Å². The summed E-state index contributed by atoms with van der Waals surface area (Å²) in [6, 6.07) is 10.5. The molecule has 1 unspecified atom stereocenters. The van der Waals surface area contributed by atoms with Gasteiger partial charge in [0.25, 0.3) is 0 Å². The van der Waals surface area contributed by atoms with Crippen LogP contribution in [0.2, 0.25) is 5.15 Å². The number of benzene rings is 1. The number of aromatic nitrogens is 2. The summed E-state index contributed by atoms with van der Waals surface area (Å²) < 4.78 is 0.695. The Kier molecular flexibility index (Phi) is 4.55. The van der Waals surface area contributed by atoms with E-state index in [-0.39, 0.29) is 6.04 Å². The lowest BCUT2D eigenvalue weighted by Gasteiger charge is -2.18. The van der Waals surface area contributed by atoms with Crippen molar-refractivity contribution in [2.45, 2.75) is 19.4 Å². The number of rotatable bonds is 4. The maximum Gasteiger partial charge on any atom is 0.148 e. The van der Waals surface area contributed by atoms with Crippen molar-refractivity contribution in [1.82, 2.24) is 9.97 Å². The number of hydrogen-bond donors (Lipinski definition) is 1. The van der Waals surface area contributed by atoms with Crippen molar-refractivity contribution in [2.75, 3.05) is 5.32 Å². The Balaban J connectivity index is 2.24. The zero-order valence-electron chi connectivity index (χ0n) is 9.90. The molecule has 0 aliphatic heterocycles. The monoisotopic (exact) mass is 325 g/mol. The summed E-state index contributed by atoms with van der Waals surface area (Å²) in [6.07, 6.45) is 2.41. The number of halogens is 2. The van der Waals surface area contributed by atoms with Crippen LogP contribution in [0.15, 0.2) is 41.1 Å². The maximum atomic E-state index is 5.95. The highest BCUT2D eigenvalue weighted by atomic mass is 79.9. The second-order valence-corrected chi connectivity index (χ2v) is 4.99. The molecule has 0 saturated heterocycles. The molecule has 0 aliphatic carbocycles. The molecule has 0 amide bonds. The molecule has 5 heteroatoms. The fourth-order valence-electron chi connectivity index (χ4n) is 1.72. The van der Waals surface area contributed by atoms with Crippen LogP contribution in [-0.4, -0.2) is 9.97 Å². The molecule has 1 heterocycles. The van der Waals surface area contributed by atoms with Crippen molar-refractivity contribution in [3.05, 3.63) is 51.8 Å². The fraction of sp³-hybridized carbons (Fsp3) is 0.231. The average Bonchev–Trinajstić information content (AvgIpc) is 2.41. The van der Waals surface area contributed by atoms with E-state index in [0.717, 1.165) is 6.42 Å². The van der Waals surface area contributed by atoms with E-state index in [0.29, 0.717) is 15.4 Å². The molecule has 18 heavy (non-hydrogen) atoms. The summed E-state index contributed by atoms with van der Waals surface area (Å²) in [5.74, 6) is 0.714. The van der Waals surface area contributed by atoms with Gasteiger partial charge in [0.05, 0.1) is 10.5 Å². The molecule has 94 valence electrons. The normalized spacial score (nSPS) is 12.2. The number of anilines is 1. The smallest absolute Gasteiger partial charge is 0.148 e. The highest BCUT2D eigenvalue weighted by Crippen LogP contribution is 2.29. The van der Waals surface area contributed by atoms with Crippen LogP contribution in [0.5, 0.6) is 0 Å². The zero-order valence-corrected chi connectivity index (χ0v) is 12.2. The molecule has 0 saturated carbocycles. The van der Waals surface area contributed by atoms with Crippen molar-refractivity contribution in [2.24, 2.45) is 0 Å². The standard InChI is InChI=1S/C13H13BrClN3/c1-2-10(9-6-4-3-5-7-9)18-13-11(14)12(15)16-8-17-13/h3-8,10H,2H2,1H3,(H,16,17,18). The zero-order chi connectivity index (χ0) is 13.0. The van der Waals surface area contributed by atoms with Crippen molar-refractivity contribution >= 4 is 33.3 Å². The van der Waals surface area contributed by atoms with Gasteiger partial charge in [0, 0.05) is 0 Å². The molecular weight excluding hydrogens is 314 g/mol. The van der Waals surface area contributed by atoms with E-state index in [1.165, 1.54) is 11.9 Å². The van der Waals surface area contributed by atoms with E-state index < -0.39 is 0 Å². The Labute approximate surface area is 120 Å². The molecule has 0 aliphatic rings. The molecule has 0 radical (unpaired) electrons. The topological polar surface area (TPSA) is 37.8 Å². The molecule has 2 rings (SSSR count). The van der Waals surface area contributed by atoms with Gasteiger partial charge >= 0.3 is 0 Å². The van der Waals surface area contributed by atoms with E-state index >= 15 is 0 Å². The number of nitrogens with one attached hydrogen (secondary N) is 1. The van der Waals surface area contributed by atoms with Gasteiger partial charge < -0.3 is 5.32 Å². The highest BCUT2D eigenvalue weighted by molar-refractivity contribution is 9.10. The van der Waals surface area contributed by atoms with Gasteiger partial charge in [-0.1, -0.05) is 48.9 Å². The molecule has 1 atom stereocenters. The Hall–Kier alpha value is -1.13. The molecule has 3 nitrogen and oxygen atoms in total. The predicted molar refractivity (Wildman–Crippen MR) is 77.8 cm³/mol. The van der Waals surface area contributed by atoms with Crippen LogP contribution < -0.4 is 5.32 Å². The van der Waals surface area contributed by atoms with Crippen LogP contribution in [-0.2, 0) is 0 Å². The SMILES string of the molecule is CCC(Nc1ncnc(Cl)c1Br)c1ccccc1. The van der Waals surface area contributed by atoms with Crippen LogP contribution in [0.25, 0.3) is 0 Å². The molecular formula is C13H13BrClN3. The Morgan fingerprint density at radius 1 is 1.28 bits per heavy atom. The van der Waals surface area contributed by atoms with Crippen molar-refractivity contribution in [3.8, 4) is 0 Å². The first-order valence-electron chi connectivity index (χ1n) is 5.69. The van der Waals surface area contributed by atoms with Crippen molar-refractivity contribution in [3.63, 3.8) is 0 Å². The van der Waals surface area contributed by atoms with Crippen LogP contribution in [0.4, 0.5) is 5.82 Å². The first kappa shape index (κ1) is 13.3. The van der Waals surface area contributed by atoms with Gasteiger partial charge in [-0.05, 0) is 27.9 Å². The lowest BCUT2D eigenvalue weighted by atomic mass is 10.0. The summed E-state index contributed by atoms with van der Waals surface area (Å²) >= 11 is 9.34. The highest BCUT2D eigenvalue weighted by Gasteiger charge is 2.13. The van der Waals surface area contributed by atoms with E-state index in [1.54, 1.807) is 0 Å². The molecule has 1 N–H and O–H groups in total. The number of hydrogen-bond acceptors (Lipinski definition) is 3. The first-order valence-corrected chi connectivity index (χ1v) is 6.87. The minimum Gasteiger partial charge on any atom is -0.362 e. The Morgan fingerprint density at radius 3 is 2.67 bits per heavy atom. The van der Waals surface area contributed by atoms with Gasteiger partial charge in [0.15, 0.2) is 0 Å².